The largest absolute Gasteiger partial charge is 0.455 e. The molecule has 2 nitrogen and oxygen atoms in total. The molecule has 0 saturated carbocycles. The smallest absolute Gasteiger partial charge is 0.217 e. The number of pyridine rings is 1. The maximum Gasteiger partial charge on any atom is 0.217 e. The van der Waals surface area contributed by atoms with E-state index in [2.05, 4.69) is 89.3 Å². The maximum absolute atomic E-state index is 14.0. The van der Waals surface area contributed by atoms with Crippen LogP contribution in [0.25, 0.3) is 44.1 Å². The van der Waals surface area contributed by atoms with Crippen molar-refractivity contribution in [2.24, 2.45) is 13.0 Å². The first-order valence-electron chi connectivity index (χ1n) is 12.5. The lowest BCUT2D eigenvalue weighted by molar-refractivity contribution is -0.633. The molecule has 0 N–H and O–H groups in total. The molecule has 0 aliphatic rings. The van der Waals surface area contributed by atoms with Crippen LogP contribution in [0.4, 0.5) is 4.39 Å². The average Bonchev–Trinajstić information content (AvgIpc) is 3.12. The van der Waals surface area contributed by atoms with Gasteiger partial charge in [-0.05, 0) is 67.1 Å². The summed E-state index contributed by atoms with van der Waals surface area (Å²) in [7, 11) is 0.714. The molecule has 0 aliphatic heterocycles. The van der Waals surface area contributed by atoms with Gasteiger partial charge in [0.25, 0.3) is 0 Å². The second-order valence-corrected chi connectivity index (χ2v) is 16.6. The molecule has 0 bridgehead atoms. The Balaban J connectivity index is 1.89. The molecule has 0 fully saturated rings. The molecule has 0 saturated heterocycles. The lowest BCUT2D eigenvalue weighted by Crippen LogP contribution is -2.39. The molecule has 0 radical (unpaired) electrons. The van der Waals surface area contributed by atoms with Crippen LogP contribution in [0.5, 0.6) is 0 Å². The Labute approximate surface area is 208 Å². The van der Waals surface area contributed by atoms with E-state index in [1.165, 1.54) is 44.9 Å². The van der Waals surface area contributed by atoms with Crippen LogP contribution in [0.1, 0.15) is 30.5 Å². The molecule has 0 aliphatic carbocycles. The fraction of sp³-hybridized carbons (Fsp3) is 0.323. The van der Waals surface area contributed by atoms with Gasteiger partial charge >= 0.3 is 0 Å². The third-order valence-electron chi connectivity index (χ3n) is 7.37. The number of aryl methyl sites for hydroxylation is 2. The third kappa shape index (κ3) is 3.98. The van der Waals surface area contributed by atoms with Crippen molar-refractivity contribution in [1.82, 2.24) is 0 Å². The number of nitrogens with zero attached hydrogens (tertiary/aromatic N) is 1. The van der Waals surface area contributed by atoms with Gasteiger partial charge in [-0.3, -0.25) is 0 Å². The molecule has 0 atom stereocenters. The Morgan fingerprint density at radius 1 is 0.914 bits per heavy atom. The van der Waals surface area contributed by atoms with Gasteiger partial charge in [-0.25, -0.2) is 4.39 Å². The highest BCUT2D eigenvalue weighted by Crippen LogP contribution is 2.39. The number of aromatic nitrogens is 1. The van der Waals surface area contributed by atoms with E-state index in [4.69, 9.17) is 4.42 Å². The minimum absolute atomic E-state index is 0.278. The lowest BCUT2D eigenvalue weighted by atomic mass is 9.92. The van der Waals surface area contributed by atoms with E-state index < -0.39 is 8.07 Å². The van der Waals surface area contributed by atoms with Crippen molar-refractivity contribution in [3.05, 3.63) is 71.0 Å². The summed E-state index contributed by atoms with van der Waals surface area (Å²) in [5.74, 6) is 0.266. The molecule has 5 rings (SSSR count). The Morgan fingerprint density at radius 3 is 2.34 bits per heavy atom. The van der Waals surface area contributed by atoms with Gasteiger partial charge in [0.1, 0.15) is 24.0 Å². The fourth-order valence-corrected chi connectivity index (χ4v) is 6.45. The van der Waals surface area contributed by atoms with Crippen LogP contribution in [-0.2, 0) is 13.5 Å². The molecule has 3 aromatic carbocycles. The number of benzene rings is 3. The van der Waals surface area contributed by atoms with E-state index in [0.717, 1.165) is 34.0 Å². The van der Waals surface area contributed by atoms with Gasteiger partial charge in [0.05, 0.1) is 13.6 Å². The van der Waals surface area contributed by atoms with Crippen molar-refractivity contribution >= 4 is 46.1 Å². The number of hydrogen-bond donors (Lipinski definition) is 0. The van der Waals surface area contributed by atoms with E-state index in [1.54, 1.807) is 0 Å². The number of halogens is 1. The van der Waals surface area contributed by atoms with Crippen LogP contribution >= 0.6 is 0 Å². The van der Waals surface area contributed by atoms with E-state index in [-0.39, 0.29) is 5.82 Å². The SMILES string of the molecule is Cc1cc2c(oc3cc(F)ccc32)c(-c2cc(CC(C)C)c3cc([Si](C)(C)C)ccc3[n+]2C)c1C. The predicted molar refractivity (Wildman–Crippen MR) is 149 cm³/mol. The molecule has 0 unspecified atom stereocenters. The standard InChI is InChI=1S/C31H35FNOSi/c1-18(2)13-21-15-28(33(5)27-12-10-23(17-25(21)27)35(6,7)8)30-20(4)19(3)14-26-24-11-9-22(32)16-29(24)34-31(26)30/h9-12,14-18H,13H2,1-8H3/q+1. The number of hydrogen-bond acceptors (Lipinski definition) is 1. The van der Waals surface area contributed by atoms with Crippen molar-refractivity contribution in [1.29, 1.82) is 0 Å². The Morgan fingerprint density at radius 2 is 1.66 bits per heavy atom. The van der Waals surface area contributed by atoms with Gasteiger partial charge in [0.2, 0.25) is 11.2 Å². The van der Waals surface area contributed by atoms with Crippen molar-refractivity contribution < 1.29 is 13.4 Å². The third-order valence-corrected chi connectivity index (χ3v) is 9.41. The second kappa shape index (κ2) is 8.30. The van der Waals surface area contributed by atoms with Crippen molar-refractivity contribution in [2.75, 3.05) is 0 Å². The molecule has 0 amide bonds. The molecule has 0 spiro atoms. The highest BCUT2D eigenvalue weighted by atomic mass is 28.3. The maximum atomic E-state index is 14.0. The van der Waals surface area contributed by atoms with Gasteiger partial charge in [-0.2, -0.15) is 4.57 Å². The molecule has 2 aromatic heterocycles. The highest BCUT2D eigenvalue weighted by Gasteiger charge is 2.27. The summed E-state index contributed by atoms with van der Waals surface area (Å²) in [5, 5.41) is 4.82. The second-order valence-electron chi connectivity index (χ2n) is 11.5. The summed E-state index contributed by atoms with van der Waals surface area (Å²) in [6.07, 6.45) is 1.01. The Kier molecular flexibility index (Phi) is 5.63. The van der Waals surface area contributed by atoms with E-state index in [9.17, 15) is 4.39 Å². The number of fused-ring (bicyclic) bond motifs is 4. The van der Waals surface area contributed by atoms with Crippen LogP contribution in [0, 0.1) is 25.6 Å². The van der Waals surface area contributed by atoms with Crippen molar-refractivity contribution in [3.8, 4) is 11.3 Å². The predicted octanol–water partition coefficient (Wildman–Crippen LogP) is 7.73. The molecule has 2 heterocycles. The van der Waals surface area contributed by atoms with E-state index >= 15 is 0 Å². The van der Waals surface area contributed by atoms with Gasteiger partial charge in [-0.15, -0.1) is 0 Å². The summed E-state index contributed by atoms with van der Waals surface area (Å²) >= 11 is 0. The van der Waals surface area contributed by atoms with Crippen LogP contribution in [0.2, 0.25) is 19.6 Å². The summed E-state index contributed by atoms with van der Waals surface area (Å²) < 4.78 is 22.7. The van der Waals surface area contributed by atoms with Gasteiger partial charge in [0, 0.05) is 34.4 Å². The first-order valence-corrected chi connectivity index (χ1v) is 16.0. The Hall–Kier alpha value is -2.98. The number of rotatable bonds is 4. The highest BCUT2D eigenvalue weighted by molar-refractivity contribution is 6.88. The van der Waals surface area contributed by atoms with Crippen LogP contribution < -0.4 is 9.75 Å². The van der Waals surface area contributed by atoms with Gasteiger partial charge in [-0.1, -0.05) is 44.7 Å². The van der Waals surface area contributed by atoms with Gasteiger partial charge < -0.3 is 4.42 Å². The fourth-order valence-electron chi connectivity index (χ4n) is 5.29. The minimum Gasteiger partial charge on any atom is -0.455 e. The molecular formula is C31H35FNOSi+. The summed E-state index contributed by atoms with van der Waals surface area (Å²) in [6.45, 7) is 16.1. The Bertz CT molecular complexity index is 1620. The molecular weight excluding hydrogens is 449 g/mol. The molecule has 180 valence electrons. The minimum atomic E-state index is -1.44. The zero-order valence-electron chi connectivity index (χ0n) is 22.1. The monoisotopic (exact) mass is 484 g/mol. The molecule has 35 heavy (non-hydrogen) atoms. The molecule has 5 aromatic rings. The number of furan rings is 1. The van der Waals surface area contributed by atoms with E-state index in [0.29, 0.717) is 11.5 Å². The van der Waals surface area contributed by atoms with Crippen molar-refractivity contribution in [2.45, 2.75) is 53.8 Å². The summed E-state index contributed by atoms with van der Waals surface area (Å²) in [4.78, 5) is 0. The molecule has 4 heteroatoms. The first kappa shape index (κ1) is 23.7. The van der Waals surface area contributed by atoms with E-state index in [1.807, 2.05) is 6.07 Å². The van der Waals surface area contributed by atoms with Crippen molar-refractivity contribution in [3.63, 3.8) is 0 Å². The summed E-state index contributed by atoms with van der Waals surface area (Å²) in [5.41, 5.74) is 8.67. The van der Waals surface area contributed by atoms with Crippen LogP contribution in [0.3, 0.4) is 0 Å². The first-order chi connectivity index (χ1) is 16.5. The summed E-state index contributed by atoms with van der Waals surface area (Å²) in [6, 6.07) is 16.4. The normalized spacial score (nSPS) is 12.5. The van der Waals surface area contributed by atoms with Gasteiger partial charge in [0.15, 0.2) is 0 Å². The zero-order valence-corrected chi connectivity index (χ0v) is 23.1. The zero-order chi connectivity index (χ0) is 25.2. The quantitative estimate of drug-likeness (QED) is 0.188. The lowest BCUT2D eigenvalue weighted by Gasteiger charge is -2.19. The average molecular weight is 485 g/mol. The topological polar surface area (TPSA) is 17.0 Å². The van der Waals surface area contributed by atoms with Crippen LogP contribution in [-0.4, -0.2) is 8.07 Å². The van der Waals surface area contributed by atoms with Crippen LogP contribution in [0.15, 0.2) is 52.9 Å².